The average molecular weight is 224 g/mol. The predicted molar refractivity (Wildman–Crippen MR) is 59.8 cm³/mol. The number of benzene rings is 1. The molecule has 0 radical (unpaired) electrons. The SMILES string of the molecule is CCOCCOc1ccccc1CC(=O)O. The first-order valence-electron chi connectivity index (χ1n) is 5.24. The predicted octanol–water partition coefficient (Wildman–Crippen LogP) is 1.73. The third-order valence-corrected chi connectivity index (χ3v) is 2.00. The molecule has 0 spiro atoms. The molecular weight excluding hydrogens is 208 g/mol. The third kappa shape index (κ3) is 4.31. The smallest absolute Gasteiger partial charge is 0.307 e. The van der Waals surface area contributed by atoms with Crippen molar-refractivity contribution < 1.29 is 19.4 Å². The van der Waals surface area contributed by atoms with Crippen molar-refractivity contribution in [3.63, 3.8) is 0 Å². The molecule has 0 aromatic heterocycles. The lowest BCUT2D eigenvalue weighted by Crippen LogP contribution is -2.09. The van der Waals surface area contributed by atoms with E-state index in [4.69, 9.17) is 14.6 Å². The van der Waals surface area contributed by atoms with Gasteiger partial charge in [-0.1, -0.05) is 18.2 Å². The van der Waals surface area contributed by atoms with Crippen LogP contribution in [0.4, 0.5) is 0 Å². The topological polar surface area (TPSA) is 55.8 Å². The number of carboxylic acids is 1. The molecule has 1 aromatic carbocycles. The Morgan fingerprint density at radius 3 is 2.75 bits per heavy atom. The van der Waals surface area contributed by atoms with Crippen molar-refractivity contribution >= 4 is 5.97 Å². The number of ether oxygens (including phenoxy) is 2. The van der Waals surface area contributed by atoms with Gasteiger partial charge in [-0.15, -0.1) is 0 Å². The first-order chi connectivity index (χ1) is 7.74. The minimum Gasteiger partial charge on any atom is -0.491 e. The Morgan fingerprint density at radius 1 is 1.31 bits per heavy atom. The zero-order chi connectivity index (χ0) is 11.8. The number of aliphatic carboxylic acids is 1. The molecule has 0 saturated carbocycles. The van der Waals surface area contributed by atoms with E-state index in [1.54, 1.807) is 18.2 Å². The summed E-state index contributed by atoms with van der Waals surface area (Å²) in [6, 6.07) is 7.14. The molecule has 0 bridgehead atoms. The van der Waals surface area contributed by atoms with Crippen LogP contribution in [-0.2, 0) is 16.0 Å². The van der Waals surface area contributed by atoms with Gasteiger partial charge in [-0.3, -0.25) is 4.79 Å². The van der Waals surface area contributed by atoms with Crippen molar-refractivity contribution in [1.29, 1.82) is 0 Å². The number of carboxylic acid groups (broad SMARTS) is 1. The summed E-state index contributed by atoms with van der Waals surface area (Å²) in [5.74, 6) is -0.245. The Balaban J connectivity index is 2.53. The molecule has 4 heteroatoms. The molecule has 0 amide bonds. The van der Waals surface area contributed by atoms with E-state index in [-0.39, 0.29) is 6.42 Å². The van der Waals surface area contributed by atoms with Crippen LogP contribution >= 0.6 is 0 Å². The van der Waals surface area contributed by atoms with Crippen molar-refractivity contribution in [2.75, 3.05) is 19.8 Å². The van der Waals surface area contributed by atoms with Gasteiger partial charge in [-0.05, 0) is 13.0 Å². The molecule has 1 rings (SSSR count). The maximum Gasteiger partial charge on any atom is 0.307 e. The summed E-state index contributed by atoms with van der Waals surface area (Å²) in [5, 5.41) is 8.72. The standard InChI is InChI=1S/C12H16O4/c1-2-15-7-8-16-11-6-4-3-5-10(11)9-12(13)14/h3-6H,2,7-9H2,1H3,(H,13,14). The zero-order valence-corrected chi connectivity index (χ0v) is 9.31. The quantitative estimate of drug-likeness (QED) is 0.716. The number of para-hydroxylation sites is 1. The van der Waals surface area contributed by atoms with Gasteiger partial charge in [0.15, 0.2) is 0 Å². The Bertz CT molecular complexity index is 336. The second-order valence-electron chi connectivity index (χ2n) is 3.22. The Labute approximate surface area is 94.8 Å². The van der Waals surface area contributed by atoms with E-state index in [2.05, 4.69) is 0 Å². The summed E-state index contributed by atoms with van der Waals surface area (Å²) >= 11 is 0. The number of carbonyl (C=O) groups is 1. The lowest BCUT2D eigenvalue weighted by molar-refractivity contribution is -0.136. The Morgan fingerprint density at radius 2 is 2.06 bits per heavy atom. The average Bonchev–Trinajstić information content (AvgIpc) is 2.26. The van der Waals surface area contributed by atoms with E-state index in [0.29, 0.717) is 31.1 Å². The molecular formula is C12H16O4. The van der Waals surface area contributed by atoms with Gasteiger partial charge in [0.25, 0.3) is 0 Å². The molecule has 0 unspecified atom stereocenters. The fourth-order valence-corrected chi connectivity index (χ4v) is 1.31. The highest BCUT2D eigenvalue weighted by Gasteiger charge is 2.06. The Hall–Kier alpha value is -1.55. The first kappa shape index (κ1) is 12.5. The van der Waals surface area contributed by atoms with Gasteiger partial charge >= 0.3 is 5.97 Å². The molecule has 0 saturated heterocycles. The fraction of sp³-hybridized carbons (Fsp3) is 0.417. The molecule has 1 N–H and O–H groups in total. The van der Waals surface area contributed by atoms with Gasteiger partial charge in [-0.2, -0.15) is 0 Å². The van der Waals surface area contributed by atoms with Gasteiger partial charge in [0.05, 0.1) is 13.0 Å². The van der Waals surface area contributed by atoms with Gasteiger partial charge in [-0.25, -0.2) is 0 Å². The minimum absolute atomic E-state index is 0.0230. The first-order valence-corrected chi connectivity index (χ1v) is 5.24. The van der Waals surface area contributed by atoms with Crippen LogP contribution in [0, 0.1) is 0 Å². The molecule has 1 aromatic rings. The van der Waals surface area contributed by atoms with E-state index in [1.807, 2.05) is 13.0 Å². The second-order valence-corrected chi connectivity index (χ2v) is 3.22. The van der Waals surface area contributed by atoms with Crippen LogP contribution in [0.3, 0.4) is 0 Å². The third-order valence-electron chi connectivity index (χ3n) is 2.00. The minimum atomic E-state index is -0.860. The van der Waals surface area contributed by atoms with E-state index >= 15 is 0 Å². The van der Waals surface area contributed by atoms with Crippen LogP contribution in [0.25, 0.3) is 0 Å². The maximum atomic E-state index is 10.6. The van der Waals surface area contributed by atoms with Crippen molar-refractivity contribution in [3.8, 4) is 5.75 Å². The van der Waals surface area contributed by atoms with Crippen LogP contribution < -0.4 is 4.74 Å². The van der Waals surface area contributed by atoms with E-state index in [1.165, 1.54) is 0 Å². The van der Waals surface area contributed by atoms with Gasteiger partial charge in [0, 0.05) is 12.2 Å². The van der Waals surface area contributed by atoms with E-state index < -0.39 is 5.97 Å². The summed E-state index contributed by atoms with van der Waals surface area (Å²) in [5.41, 5.74) is 0.687. The van der Waals surface area contributed by atoms with Crippen LogP contribution in [0.5, 0.6) is 5.75 Å². The van der Waals surface area contributed by atoms with E-state index in [9.17, 15) is 4.79 Å². The molecule has 0 heterocycles. The highest BCUT2D eigenvalue weighted by atomic mass is 16.5. The monoisotopic (exact) mass is 224 g/mol. The normalized spacial score (nSPS) is 10.1. The summed E-state index contributed by atoms with van der Waals surface area (Å²) in [4.78, 5) is 10.6. The van der Waals surface area contributed by atoms with Crippen LogP contribution in [0.1, 0.15) is 12.5 Å². The van der Waals surface area contributed by atoms with Crippen molar-refractivity contribution in [1.82, 2.24) is 0 Å². The molecule has 0 aliphatic carbocycles. The second kappa shape index (κ2) is 6.85. The molecule has 16 heavy (non-hydrogen) atoms. The lowest BCUT2D eigenvalue weighted by atomic mass is 10.1. The fourth-order valence-electron chi connectivity index (χ4n) is 1.31. The van der Waals surface area contributed by atoms with Crippen LogP contribution in [-0.4, -0.2) is 30.9 Å². The van der Waals surface area contributed by atoms with Crippen LogP contribution in [0.2, 0.25) is 0 Å². The zero-order valence-electron chi connectivity index (χ0n) is 9.31. The highest BCUT2D eigenvalue weighted by molar-refractivity contribution is 5.71. The molecule has 0 fully saturated rings. The summed E-state index contributed by atoms with van der Waals surface area (Å²) in [6.07, 6.45) is -0.0230. The van der Waals surface area contributed by atoms with Crippen molar-refractivity contribution in [3.05, 3.63) is 29.8 Å². The van der Waals surface area contributed by atoms with Gasteiger partial charge in [0.2, 0.25) is 0 Å². The summed E-state index contributed by atoms with van der Waals surface area (Å²) < 4.78 is 10.6. The van der Waals surface area contributed by atoms with Crippen molar-refractivity contribution in [2.45, 2.75) is 13.3 Å². The van der Waals surface area contributed by atoms with Crippen LogP contribution in [0.15, 0.2) is 24.3 Å². The largest absolute Gasteiger partial charge is 0.491 e. The van der Waals surface area contributed by atoms with Gasteiger partial charge < -0.3 is 14.6 Å². The van der Waals surface area contributed by atoms with Gasteiger partial charge in [0.1, 0.15) is 12.4 Å². The number of rotatable bonds is 7. The highest BCUT2D eigenvalue weighted by Crippen LogP contribution is 2.18. The number of hydrogen-bond acceptors (Lipinski definition) is 3. The van der Waals surface area contributed by atoms with Crippen molar-refractivity contribution in [2.24, 2.45) is 0 Å². The maximum absolute atomic E-state index is 10.6. The Kier molecular flexibility index (Phi) is 5.36. The molecule has 0 aliphatic heterocycles. The molecule has 4 nitrogen and oxygen atoms in total. The number of hydrogen-bond donors (Lipinski definition) is 1. The van der Waals surface area contributed by atoms with E-state index in [0.717, 1.165) is 0 Å². The summed E-state index contributed by atoms with van der Waals surface area (Å²) in [6.45, 7) is 3.51. The lowest BCUT2D eigenvalue weighted by Gasteiger charge is -2.09. The summed E-state index contributed by atoms with van der Waals surface area (Å²) in [7, 11) is 0. The molecule has 0 atom stereocenters. The molecule has 0 aliphatic rings. The molecule has 88 valence electrons.